The minimum Gasteiger partial charge on any atom is -0.342 e. The van der Waals surface area contributed by atoms with E-state index in [2.05, 4.69) is 5.32 Å². The molecule has 0 saturated carbocycles. The molecule has 1 amide bonds. The second-order valence-electron chi connectivity index (χ2n) is 4.66. The number of carbonyl (C=O) groups excluding carboxylic acids is 2. The first-order valence-corrected chi connectivity index (χ1v) is 6.55. The van der Waals surface area contributed by atoms with Crippen molar-refractivity contribution in [1.29, 1.82) is 0 Å². The zero-order valence-electron chi connectivity index (χ0n) is 11.4. The summed E-state index contributed by atoms with van der Waals surface area (Å²) in [6.45, 7) is 3.40. The number of halogens is 1. The number of Topliss-reactive ketones (excluding diaryl/α,β-unsaturated/α-hetero) is 1. The van der Waals surface area contributed by atoms with Gasteiger partial charge in [0.1, 0.15) is 5.82 Å². The molecule has 0 spiro atoms. The Morgan fingerprint density at radius 1 is 1.15 bits per heavy atom. The first-order chi connectivity index (χ1) is 9.54. The Hall–Kier alpha value is -2.23. The number of fused-ring (bicyclic) bond motifs is 1. The largest absolute Gasteiger partial charge is 0.342 e. The summed E-state index contributed by atoms with van der Waals surface area (Å²) in [5.74, 6) is -0.768. The van der Waals surface area contributed by atoms with Crippen molar-refractivity contribution in [1.82, 2.24) is 5.32 Å². The van der Waals surface area contributed by atoms with Crippen LogP contribution < -0.4 is 5.32 Å². The molecule has 1 N–H and O–H groups in total. The van der Waals surface area contributed by atoms with Crippen molar-refractivity contribution < 1.29 is 14.0 Å². The summed E-state index contributed by atoms with van der Waals surface area (Å²) < 4.78 is 13.7. The van der Waals surface area contributed by atoms with Gasteiger partial charge in [-0.2, -0.15) is 0 Å². The fraction of sp³-hybridized carbons (Fsp3) is 0.250. The Morgan fingerprint density at radius 2 is 1.80 bits per heavy atom. The van der Waals surface area contributed by atoms with Crippen molar-refractivity contribution in [2.24, 2.45) is 0 Å². The van der Waals surface area contributed by atoms with E-state index in [0.717, 1.165) is 0 Å². The molecule has 1 unspecified atom stereocenters. The van der Waals surface area contributed by atoms with Crippen LogP contribution in [0.1, 0.15) is 30.6 Å². The molecule has 20 heavy (non-hydrogen) atoms. The monoisotopic (exact) mass is 273 g/mol. The van der Waals surface area contributed by atoms with Crippen LogP contribution in [0, 0.1) is 5.82 Å². The van der Waals surface area contributed by atoms with Crippen LogP contribution in [0.2, 0.25) is 0 Å². The van der Waals surface area contributed by atoms with E-state index in [1.807, 2.05) is 0 Å². The minimum absolute atomic E-state index is 0.0373. The van der Waals surface area contributed by atoms with Crippen molar-refractivity contribution in [3.63, 3.8) is 0 Å². The van der Waals surface area contributed by atoms with Crippen molar-refractivity contribution >= 4 is 22.5 Å². The van der Waals surface area contributed by atoms with E-state index in [0.29, 0.717) is 22.8 Å². The summed E-state index contributed by atoms with van der Waals surface area (Å²) in [6, 6.07) is 8.95. The zero-order chi connectivity index (χ0) is 14.7. The van der Waals surface area contributed by atoms with Gasteiger partial charge in [-0.15, -0.1) is 0 Å². The molecule has 0 fully saturated rings. The van der Waals surface area contributed by atoms with E-state index in [1.54, 1.807) is 38.1 Å². The summed E-state index contributed by atoms with van der Waals surface area (Å²) in [6.07, 6.45) is 0.367. The molecule has 2 aromatic rings. The number of carbonyl (C=O) groups is 2. The molecule has 0 saturated heterocycles. The fourth-order valence-corrected chi connectivity index (χ4v) is 2.12. The van der Waals surface area contributed by atoms with Gasteiger partial charge in [-0.25, -0.2) is 4.39 Å². The summed E-state index contributed by atoms with van der Waals surface area (Å²) in [4.78, 5) is 23.7. The van der Waals surface area contributed by atoms with E-state index in [-0.39, 0.29) is 17.5 Å². The Balaban J connectivity index is 2.36. The van der Waals surface area contributed by atoms with E-state index in [9.17, 15) is 14.0 Å². The van der Waals surface area contributed by atoms with Gasteiger partial charge in [-0.05, 0) is 24.4 Å². The number of ketones is 1. The third kappa shape index (κ3) is 2.69. The molecule has 0 aliphatic heterocycles. The smallest absolute Gasteiger partial charge is 0.252 e. The van der Waals surface area contributed by atoms with Crippen molar-refractivity contribution in [2.45, 2.75) is 26.3 Å². The van der Waals surface area contributed by atoms with E-state index in [1.165, 1.54) is 12.1 Å². The SMILES string of the molecule is CCC(=O)C(C)NC(=O)c1ccc(F)c2ccccc12. The first kappa shape index (κ1) is 14.2. The summed E-state index contributed by atoms with van der Waals surface area (Å²) in [7, 11) is 0. The highest BCUT2D eigenvalue weighted by atomic mass is 19.1. The quantitative estimate of drug-likeness (QED) is 0.930. The molecule has 0 bridgehead atoms. The summed E-state index contributed by atoms with van der Waals surface area (Å²) in [5.41, 5.74) is 0.373. The van der Waals surface area contributed by atoms with Gasteiger partial charge in [-0.1, -0.05) is 31.2 Å². The third-order valence-electron chi connectivity index (χ3n) is 3.29. The molecule has 0 heterocycles. The second kappa shape index (κ2) is 5.82. The fourth-order valence-electron chi connectivity index (χ4n) is 2.12. The molecule has 2 aromatic carbocycles. The zero-order valence-corrected chi connectivity index (χ0v) is 11.4. The van der Waals surface area contributed by atoms with Gasteiger partial charge in [0.15, 0.2) is 5.78 Å². The van der Waals surface area contributed by atoms with Crippen LogP contribution in [-0.4, -0.2) is 17.7 Å². The number of amides is 1. The normalized spacial score (nSPS) is 12.2. The Kier molecular flexibility index (Phi) is 4.13. The lowest BCUT2D eigenvalue weighted by molar-refractivity contribution is -0.120. The maximum atomic E-state index is 13.7. The molecule has 0 aliphatic rings. The number of hydrogen-bond donors (Lipinski definition) is 1. The standard InChI is InChI=1S/C16H16FNO2/c1-3-15(19)10(2)18-16(20)13-8-9-14(17)12-7-5-4-6-11(12)13/h4-10H,3H2,1-2H3,(H,18,20). The Labute approximate surface area is 116 Å². The third-order valence-corrected chi connectivity index (χ3v) is 3.29. The molecule has 0 radical (unpaired) electrons. The van der Waals surface area contributed by atoms with Gasteiger partial charge < -0.3 is 5.32 Å². The lowest BCUT2D eigenvalue weighted by Crippen LogP contribution is -2.38. The van der Waals surface area contributed by atoms with Gasteiger partial charge >= 0.3 is 0 Å². The predicted molar refractivity (Wildman–Crippen MR) is 76.1 cm³/mol. The first-order valence-electron chi connectivity index (χ1n) is 6.55. The van der Waals surface area contributed by atoms with Crippen LogP contribution in [0.3, 0.4) is 0 Å². The highest BCUT2D eigenvalue weighted by molar-refractivity contribution is 6.08. The van der Waals surface area contributed by atoms with Crippen LogP contribution in [0.25, 0.3) is 10.8 Å². The predicted octanol–water partition coefficient (Wildman–Crippen LogP) is 3.08. The van der Waals surface area contributed by atoms with Crippen molar-refractivity contribution in [3.8, 4) is 0 Å². The number of rotatable bonds is 4. The number of benzene rings is 2. The number of nitrogens with one attached hydrogen (secondary N) is 1. The highest BCUT2D eigenvalue weighted by Crippen LogP contribution is 2.21. The summed E-state index contributed by atoms with van der Waals surface area (Å²) >= 11 is 0. The molecule has 104 valence electrons. The summed E-state index contributed by atoms with van der Waals surface area (Å²) in [5, 5.41) is 3.59. The van der Waals surface area contributed by atoms with Crippen LogP contribution in [0.4, 0.5) is 4.39 Å². The molecule has 2 rings (SSSR count). The van der Waals surface area contributed by atoms with Crippen molar-refractivity contribution in [2.75, 3.05) is 0 Å². The second-order valence-corrected chi connectivity index (χ2v) is 4.66. The average molecular weight is 273 g/mol. The van der Waals surface area contributed by atoms with Gasteiger partial charge in [0.2, 0.25) is 0 Å². The van der Waals surface area contributed by atoms with E-state index < -0.39 is 6.04 Å². The Morgan fingerprint density at radius 3 is 2.45 bits per heavy atom. The topological polar surface area (TPSA) is 46.2 Å². The molecular weight excluding hydrogens is 257 g/mol. The highest BCUT2D eigenvalue weighted by Gasteiger charge is 2.17. The molecule has 3 nitrogen and oxygen atoms in total. The van der Waals surface area contributed by atoms with Crippen LogP contribution in [-0.2, 0) is 4.79 Å². The average Bonchev–Trinajstić information content (AvgIpc) is 2.46. The van der Waals surface area contributed by atoms with Crippen LogP contribution in [0.15, 0.2) is 36.4 Å². The molecule has 0 aliphatic carbocycles. The van der Waals surface area contributed by atoms with Gasteiger partial charge in [-0.3, -0.25) is 9.59 Å². The van der Waals surface area contributed by atoms with E-state index in [4.69, 9.17) is 0 Å². The van der Waals surface area contributed by atoms with Gasteiger partial charge in [0, 0.05) is 17.4 Å². The molecule has 4 heteroatoms. The van der Waals surface area contributed by atoms with E-state index >= 15 is 0 Å². The molecule has 0 aromatic heterocycles. The minimum atomic E-state index is -0.545. The molecule has 1 atom stereocenters. The van der Waals surface area contributed by atoms with Crippen LogP contribution in [0.5, 0.6) is 0 Å². The van der Waals surface area contributed by atoms with Gasteiger partial charge in [0.25, 0.3) is 5.91 Å². The maximum absolute atomic E-state index is 13.7. The lowest BCUT2D eigenvalue weighted by atomic mass is 10.0. The van der Waals surface area contributed by atoms with Crippen molar-refractivity contribution in [3.05, 3.63) is 47.8 Å². The number of hydrogen-bond acceptors (Lipinski definition) is 2. The van der Waals surface area contributed by atoms with Crippen LogP contribution >= 0.6 is 0 Å². The molecular formula is C16H16FNO2. The maximum Gasteiger partial charge on any atom is 0.252 e. The van der Waals surface area contributed by atoms with Gasteiger partial charge in [0.05, 0.1) is 6.04 Å². The lowest BCUT2D eigenvalue weighted by Gasteiger charge is -2.13. The Bertz CT molecular complexity index is 667.